The van der Waals surface area contributed by atoms with Crippen molar-refractivity contribution in [3.8, 4) is 0 Å². The molecule has 1 amide bonds. The van der Waals surface area contributed by atoms with Crippen molar-refractivity contribution < 1.29 is 4.79 Å². The van der Waals surface area contributed by atoms with Gasteiger partial charge in [0.05, 0.1) is 8.67 Å². The fourth-order valence-corrected chi connectivity index (χ4v) is 3.47. The summed E-state index contributed by atoms with van der Waals surface area (Å²) in [5.41, 5.74) is 1.01. The molecule has 0 aliphatic heterocycles. The first-order chi connectivity index (χ1) is 10.1. The molecule has 0 saturated heterocycles. The van der Waals surface area contributed by atoms with Gasteiger partial charge in [-0.1, -0.05) is 23.2 Å². The van der Waals surface area contributed by atoms with Gasteiger partial charge in [0.25, 0.3) is 0 Å². The Balaban J connectivity index is 1.64. The first-order valence-electron chi connectivity index (χ1n) is 6.61. The summed E-state index contributed by atoms with van der Waals surface area (Å²) >= 11 is 13.3. The van der Waals surface area contributed by atoms with Gasteiger partial charge < -0.3 is 9.88 Å². The van der Waals surface area contributed by atoms with Gasteiger partial charge in [-0.15, -0.1) is 21.5 Å². The summed E-state index contributed by atoms with van der Waals surface area (Å²) < 4.78 is 3.29. The van der Waals surface area contributed by atoms with Crippen LogP contribution in [0.2, 0.25) is 8.67 Å². The Labute approximate surface area is 137 Å². The smallest absolute Gasteiger partial charge is 0.220 e. The molecule has 0 unspecified atom stereocenters. The van der Waals surface area contributed by atoms with Crippen LogP contribution in [0, 0.1) is 6.92 Å². The number of amides is 1. The number of hydrogen-bond acceptors (Lipinski definition) is 4. The predicted molar refractivity (Wildman–Crippen MR) is 85.0 cm³/mol. The third-order valence-electron chi connectivity index (χ3n) is 3.06. The van der Waals surface area contributed by atoms with Crippen LogP contribution in [0.5, 0.6) is 0 Å². The summed E-state index contributed by atoms with van der Waals surface area (Å²) in [6, 6.07) is 1.86. The van der Waals surface area contributed by atoms with Gasteiger partial charge >= 0.3 is 0 Å². The van der Waals surface area contributed by atoms with Gasteiger partial charge in [-0.2, -0.15) is 0 Å². The summed E-state index contributed by atoms with van der Waals surface area (Å²) in [6.45, 7) is 3.13. The van der Waals surface area contributed by atoms with Crippen LogP contribution >= 0.6 is 34.5 Å². The van der Waals surface area contributed by atoms with Crippen molar-refractivity contribution in [3.05, 3.63) is 32.5 Å². The number of carbonyl (C=O) groups excluding carboxylic acids is 1. The number of hydrogen-bond donors (Lipinski definition) is 1. The molecule has 0 saturated carbocycles. The molecule has 0 aliphatic carbocycles. The lowest BCUT2D eigenvalue weighted by atomic mass is 10.1. The average molecular weight is 347 g/mol. The minimum atomic E-state index is 0.0400. The second-order valence-corrected chi connectivity index (χ2v) is 6.91. The van der Waals surface area contributed by atoms with Gasteiger partial charge in [-0.05, 0) is 31.4 Å². The van der Waals surface area contributed by atoms with Gasteiger partial charge in [0.2, 0.25) is 5.91 Å². The van der Waals surface area contributed by atoms with E-state index in [-0.39, 0.29) is 5.91 Å². The van der Waals surface area contributed by atoms with Crippen molar-refractivity contribution in [2.24, 2.45) is 0 Å². The van der Waals surface area contributed by atoms with Crippen molar-refractivity contribution in [1.82, 2.24) is 20.1 Å². The van der Waals surface area contributed by atoms with Crippen LogP contribution in [0.15, 0.2) is 12.4 Å². The molecular weight excluding hydrogens is 331 g/mol. The summed E-state index contributed by atoms with van der Waals surface area (Å²) in [4.78, 5) is 11.7. The molecule has 0 bridgehead atoms. The lowest BCUT2D eigenvalue weighted by Crippen LogP contribution is -2.27. The third-order valence-corrected chi connectivity index (χ3v) is 4.63. The molecule has 0 fully saturated rings. The molecular formula is C13H16Cl2N4OS. The third kappa shape index (κ3) is 4.98. The normalized spacial score (nSPS) is 10.8. The first kappa shape index (κ1) is 16.3. The van der Waals surface area contributed by atoms with E-state index in [9.17, 15) is 4.79 Å². The Morgan fingerprint density at radius 1 is 1.48 bits per heavy atom. The molecule has 5 nitrogen and oxygen atoms in total. The van der Waals surface area contributed by atoms with E-state index < -0.39 is 0 Å². The Kier molecular flexibility index (Phi) is 6.02. The fourth-order valence-electron chi connectivity index (χ4n) is 1.92. The van der Waals surface area contributed by atoms with E-state index in [0.29, 0.717) is 28.2 Å². The SMILES string of the molecule is Cc1nncn1CCNC(=O)CCCc1cc(Cl)sc1Cl. The van der Waals surface area contributed by atoms with E-state index in [4.69, 9.17) is 23.2 Å². The molecule has 0 spiro atoms. The van der Waals surface area contributed by atoms with E-state index >= 15 is 0 Å². The van der Waals surface area contributed by atoms with Crippen LogP contribution < -0.4 is 5.32 Å². The monoisotopic (exact) mass is 346 g/mol. The van der Waals surface area contributed by atoms with E-state index in [1.54, 1.807) is 6.33 Å². The maximum absolute atomic E-state index is 11.7. The minimum absolute atomic E-state index is 0.0400. The fraction of sp³-hybridized carbons (Fsp3) is 0.462. The zero-order chi connectivity index (χ0) is 15.2. The van der Waals surface area contributed by atoms with Crippen molar-refractivity contribution in [2.75, 3.05) is 6.54 Å². The van der Waals surface area contributed by atoms with Gasteiger partial charge in [-0.3, -0.25) is 4.79 Å². The number of rotatable bonds is 7. The van der Waals surface area contributed by atoms with Gasteiger partial charge in [0, 0.05) is 19.5 Å². The van der Waals surface area contributed by atoms with Crippen molar-refractivity contribution in [2.45, 2.75) is 32.7 Å². The number of aromatic nitrogens is 3. The molecule has 0 aliphatic rings. The molecule has 2 rings (SSSR count). The molecule has 0 aromatic carbocycles. The van der Waals surface area contributed by atoms with Crippen molar-refractivity contribution in [3.63, 3.8) is 0 Å². The van der Waals surface area contributed by atoms with E-state index in [0.717, 1.165) is 24.2 Å². The molecule has 0 atom stereocenters. The Hall–Kier alpha value is -1.11. The highest BCUT2D eigenvalue weighted by Gasteiger charge is 2.07. The quantitative estimate of drug-likeness (QED) is 0.837. The Morgan fingerprint density at radius 3 is 2.90 bits per heavy atom. The highest BCUT2D eigenvalue weighted by atomic mass is 35.5. The van der Waals surface area contributed by atoms with E-state index in [2.05, 4.69) is 15.5 Å². The van der Waals surface area contributed by atoms with Crippen molar-refractivity contribution >= 4 is 40.4 Å². The summed E-state index contributed by atoms with van der Waals surface area (Å²) in [5.74, 6) is 0.881. The topological polar surface area (TPSA) is 59.8 Å². The van der Waals surface area contributed by atoms with Crippen LogP contribution in [0.1, 0.15) is 24.2 Å². The number of nitrogens with one attached hydrogen (secondary N) is 1. The van der Waals surface area contributed by atoms with Crippen LogP contribution in [-0.4, -0.2) is 27.2 Å². The van der Waals surface area contributed by atoms with Gasteiger partial charge in [0.1, 0.15) is 12.2 Å². The Bertz CT molecular complexity index is 611. The highest BCUT2D eigenvalue weighted by molar-refractivity contribution is 7.20. The summed E-state index contributed by atoms with van der Waals surface area (Å²) in [7, 11) is 0. The highest BCUT2D eigenvalue weighted by Crippen LogP contribution is 2.31. The van der Waals surface area contributed by atoms with E-state index in [1.807, 2.05) is 17.6 Å². The summed E-state index contributed by atoms with van der Waals surface area (Å²) in [6.07, 6.45) is 3.65. The summed E-state index contributed by atoms with van der Waals surface area (Å²) in [5, 5.41) is 10.6. The largest absolute Gasteiger partial charge is 0.354 e. The molecule has 2 aromatic rings. The van der Waals surface area contributed by atoms with Crippen LogP contribution in [0.4, 0.5) is 0 Å². The van der Waals surface area contributed by atoms with Gasteiger partial charge in [-0.25, -0.2) is 0 Å². The molecule has 1 N–H and O–H groups in total. The lowest BCUT2D eigenvalue weighted by Gasteiger charge is -2.06. The zero-order valence-electron chi connectivity index (χ0n) is 11.6. The molecule has 21 heavy (non-hydrogen) atoms. The lowest BCUT2D eigenvalue weighted by molar-refractivity contribution is -0.121. The average Bonchev–Trinajstić information content (AvgIpc) is 2.96. The minimum Gasteiger partial charge on any atom is -0.354 e. The first-order valence-corrected chi connectivity index (χ1v) is 8.18. The zero-order valence-corrected chi connectivity index (χ0v) is 13.9. The van der Waals surface area contributed by atoms with Crippen molar-refractivity contribution in [1.29, 1.82) is 0 Å². The Morgan fingerprint density at radius 2 is 2.29 bits per heavy atom. The molecule has 8 heteroatoms. The maximum atomic E-state index is 11.7. The molecule has 0 radical (unpaired) electrons. The second kappa shape index (κ2) is 7.77. The number of nitrogens with zero attached hydrogens (tertiary/aromatic N) is 3. The van der Waals surface area contributed by atoms with Crippen LogP contribution in [0.3, 0.4) is 0 Å². The molecule has 2 heterocycles. The predicted octanol–water partition coefficient (Wildman–Crippen LogP) is 3.09. The molecule has 2 aromatic heterocycles. The number of carbonyl (C=O) groups is 1. The molecule has 114 valence electrons. The number of thiophene rings is 1. The van der Waals surface area contributed by atoms with Crippen LogP contribution in [-0.2, 0) is 17.8 Å². The number of halogens is 2. The van der Waals surface area contributed by atoms with Gasteiger partial charge in [0.15, 0.2) is 0 Å². The number of aryl methyl sites for hydroxylation is 2. The standard InChI is InChI=1S/C13H16Cl2N4OS/c1-9-18-17-8-19(9)6-5-16-12(20)4-2-3-10-7-11(14)21-13(10)15/h7-8H,2-6H2,1H3,(H,16,20). The second-order valence-electron chi connectivity index (χ2n) is 4.62. The maximum Gasteiger partial charge on any atom is 0.220 e. The van der Waals surface area contributed by atoms with Crippen LogP contribution in [0.25, 0.3) is 0 Å². The van der Waals surface area contributed by atoms with E-state index in [1.165, 1.54) is 11.3 Å².